The van der Waals surface area contributed by atoms with E-state index < -0.39 is 0 Å². The Morgan fingerprint density at radius 3 is 2.71 bits per heavy atom. The minimum Gasteiger partial charge on any atom is -0.472 e. The molecule has 1 aliphatic rings. The van der Waals surface area contributed by atoms with E-state index in [1.807, 2.05) is 38.7 Å². The highest BCUT2D eigenvalue weighted by Gasteiger charge is 2.28. The van der Waals surface area contributed by atoms with Gasteiger partial charge in [-0.2, -0.15) is 4.98 Å². The molecule has 0 spiro atoms. The third-order valence-corrected chi connectivity index (χ3v) is 5.05. The summed E-state index contributed by atoms with van der Waals surface area (Å²) in [6, 6.07) is 1.84. The highest BCUT2D eigenvalue weighted by Crippen LogP contribution is 2.23. The molecule has 0 radical (unpaired) electrons. The van der Waals surface area contributed by atoms with Crippen molar-refractivity contribution in [2.24, 2.45) is 0 Å². The first-order valence-corrected chi connectivity index (χ1v) is 8.96. The maximum Gasteiger partial charge on any atom is 0.265 e. The van der Waals surface area contributed by atoms with E-state index >= 15 is 0 Å². The molecular formula is C17H22N4O2S. The van der Waals surface area contributed by atoms with Crippen LogP contribution in [0, 0.1) is 27.7 Å². The topological polar surface area (TPSA) is 68.2 Å². The summed E-state index contributed by atoms with van der Waals surface area (Å²) in [5.41, 5.74) is 1.70. The van der Waals surface area contributed by atoms with Crippen LogP contribution in [-0.4, -0.2) is 45.0 Å². The van der Waals surface area contributed by atoms with Crippen LogP contribution >= 0.6 is 11.3 Å². The van der Waals surface area contributed by atoms with Gasteiger partial charge in [-0.3, -0.25) is 4.79 Å². The quantitative estimate of drug-likeness (QED) is 0.855. The number of thiazole rings is 1. The van der Waals surface area contributed by atoms with E-state index in [4.69, 9.17) is 4.74 Å². The Morgan fingerprint density at radius 1 is 1.25 bits per heavy atom. The van der Waals surface area contributed by atoms with Gasteiger partial charge in [0.25, 0.3) is 5.91 Å². The number of carbonyl (C=O) groups excluding carboxylic acids is 1. The molecule has 3 rings (SSSR count). The van der Waals surface area contributed by atoms with Crippen molar-refractivity contribution in [1.29, 1.82) is 0 Å². The molecule has 0 aliphatic carbocycles. The number of hydrogen-bond acceptors (Lipinski definition) is 6. The monoisotopic (exact) mass is 346 g/mol. The Kier molecular flexibility index (Phi) is 4.80. The number of aromatic nitrogens is 3. The summed E-state index contributed by atoms with van der Waals surface area (Å²) in [4.78, 5) is 28.3. The number of aryl methyl sites for hydroxylation is 4. The minimum absolute atomic E-state index is 0.0364. The molecular weight excluding hydrogens is 324 g/mol. The maximum atomic E-state index is 12.8. The van der Waals surface area contributed by atoms with Gasteiger partial charge < -0.3 is 9.64 Å². The van der Waals surface area contributed by atoms with Gasteiger partial charge in [-0.15, -0.1) is 11.3 Å². The second kappa shape index (κ2) is 6.84. The molecule has 24 heavy (non-hydrogen) atoms. The molecule has 2 aromatic heterocycles. The lowest BCUT2D eigenvalue weighted by atomic mass is 10.1. The Hall–Kier alpha value is -2.02. The van der Waals surface area contributed by atoms with Crippen molar-refractivity contribution in [2.45, 2.75) is 46.6 Å². The SMILES string of the molecule is Cc1cc(O[C@H]2CCCN(C(=O)c3sc(C)nc3C)C2)nc(C)n1. The average Bonchev–Trinajstić information content (AvgIpc) is 2.84. The molecule has 1 fully saturated rings. The lowest BCUT2D eigenvalue weighted by Crippen LogP contribution is -2.44. The molecule has 3 heterocycles. The first-order valence-electron chi connectivity index (χ1n) is 8.14. The zero-order valence-electron chi connectivity index (χ0n) is 14.5. The Bertz CT molecular complexity index is 739. The fraction of sp³-hybridized carbons (Fsp3) is 0.529. The van der Waals surface area contributed by atoms with Crippen LogP contribution in [0.1, 0.15) is 44.7 Å². The standard InChI is InChI=1S/C17H22N4O2S/c1-10-8-15(20-12(3)18-10)23-14-6-5-7-21(9-14)17(22)16-11(2)19-13(4)24-16/h8,14H,5-7,9H2,1-4H3/t14-/m0/s1. The molecule has 7 heteroatoms. The molecule has 1 amide bonds. The predicted molar refractivity (Wildman–Crippen MR) is 92.6 cm³/mol. The van der Waals surface area contributed by atoms with Gasteiger partial charge in [-0.05, 0) is 40.5 Å². The van der Waals surface area contributed by atoms with Crippen LogP contribution in [0.2, 0.25) is 0 Å². The summed E-state index contributed by atoms with van der Waals surface area (Å²) in [6.07, 6.45) is 1.81. The second-order valence-electron chi connectivity index (χ2n) is 6.18. The molecule has 1 aliphatic heterocycles. The van der Waals surface area contributed by atoms with Gasteiger partial charge in [0.1, 0.15) is 16.8 Å². The van der Waals surface area contributed by atoms with Crippen molar-refractivity contribution >= 4 is 17.2 Å². The molecule has 0 unspecified atom stereocenters. The molecule has 0 N–H and O–H groups in total. The van der Waals surface area contributed by atoms with E-state index in [2.05, 4.69) is 15.0 Å². The van der Waals surface area contributed by atoms with Crippen molar-refractivity contribution in [2.75, 3.05) is 13.1 Å². The molecule has 0 aromatic carbocycles. The van der Waals surface area contributed by atoms with Crippen LogP contribution in [0.5, 0.6) is 5.88 Å². The van der Waals surface area contributed by atoms with Crippen LogP contribution < -0.4 is 4.74 Å². The van der Waals surface area contributed by atoms with Gasteiger partial charge in [0.15, 0.2) is 0 Å². The molecule has 0 bridgehead atoms. The van der Waals surface area contributed by atoms with E-state index in [0.29, 0.717) is 18.2 Å². The van der Waals surface area contributed by atoms with Crippen molar-refractivity contribution in [1.82, 2.24) is 19.9 Å². The summed E-state index contributed by atoms with van der Waals surface area (Å²) in [5.74, 6) is 1.34. The zero-order valence-corrected chi connectivity index (χ0v) is 15.3. The predicted octanol–water partition coefficient (Wildman–Crippen LogP) is 2.85. The highest BCUT2D eigenvalue weighted by atomic mass is 32.1. The van der Waals surface area contributed by atoms with Gasteiger partial charge in [-0.25, -0.2) is 9.97 Å². The van der Waals surface area contributed by atoms with E-state index in [1.165, 1.54) is 11.3 Å². The van der Waals surface area contributed by atoms with Crippen LogP contribution in [0.15, 0.2) is 6.07 Å². The molecule has 0 saturated carbocycles. The lowest BCUT2D eigenvalue weighted by molar-refractivity contribution is 0.0530. The summed E-state index contributed by atoms with van der Waals surface area (Å²) >= 11 is 1.46. The number of nitrogens with zero attached hydrogens (tertiary/aromatic N) is 4. The largest absolute Gasteiger partial charge is 0.472 e. The van der Waals surface area contributed by atoms with Crippen molar-refractivity contribution in [3.05, 3.63) is 33.2 Å². The molecule has 2 aromatic rings. The molecule has 128 valence electrons. The minimum atomic E-state index is -0.0364. The third kappa shape index (κ3) is 3.72. The Morgan fingerprint density at radius 2 is 2.04 bits per heavy atom. The Labute approximate surface area is 145 Å². The fourth-order valence-corrected chi connectivity index (χ4v) is 3.89. The normalized spacial score (nSPS) is 17.8. The lowest BCUT2D eigenvalue weighted by Gasteiger charge is -2.32. The molecule has 6 nitrogen and oxygen atoms in total. The van der Waals surface area contributed by atoms with Crippen LogP contribution in [0.25, 0.3) is 0 Å². The summed E-state index contributed by atoms with van der Waals surface area (Å²) in [7, 11) is 0. The first-order chi connectivity index (χ1) is 11.4. The highest BCUT2D eigenvalue weighted by molar-refractivity contribution is 7.13. The number of piperidine rings is 1. The summed E-state index contributed by atoms with van der Waals surface area (Å²) in [6.45, 7) is 8.93. The van der Waals surface area contributed by atoms with E-state index in [0.717, 1.165) is 40.7 Å². The number of rotatable bonds is 3. The van der Waals surface area contributed by atoms with Gasteiger partial charge in [0.05, 0.1) is 17.2 Å². The van der Waals surface area contributed by atoms with Gasteiger partial charge in [0, 0.05) is 18.3 Å². The number of hydrogen-bond donors (Lipinski definition) is 0. The zero-order chi connectivity index (χ0) is 17.3. The van der Waals surface area contributed by atoms with E-state index in [9.17, 15) is 4.79 Å². The molecule has 1 saturated heterocycles. The van der Waals surface area contributed by atoms with Crippen LogP contribution in [-0.2, 0) is 0 Å². The summed E-state index contributed by atoms with van der Waals surface area (Å²) in [5, 5.41) is 0.924. The smallest absolute Gasteiger partial charge is 0.265 e. The van der Waals surface area contributed by atoms with Crippen molar-refractivity contribution in [3.8, 4) is 5.88 Å². The maximum absolute atomic E-state index is 12.8. The van der Waals surface area contributed by atoms with Gasteiger partial charge >= 0.3 is 0 Å². The van der Waals surface area contributed by atoms with Crippen LogP contribution in [0.4, 0.5) is 0 Å². The number of amides is 1. The van der Waals surface area contributed by atoms with E-state index in [1.54, 1.807) is 0 Å². The first kappa shape index (κ1) is 16.8. The number of ether oxygens (including phenoxy) is 1. The fourth-order valence-electron chi connectivity index (χ4n) is 3.01. The Balaban J connectivity index is 1.70. The third-order valence-electron chi connectivity index (χ3n) is 3.99. The second-order valence-corrected chi connectivity index (χ2v) is 7.38. The average molecular weight is 346 g/mol. The van der Waals surface area contributed by atoms with Crippen molar-refractivity contribution < 1.29 is 9.53 Å². The number of carbonyl (C=O) groups is 1. The molecule has 1 atom stereocenters. The van der Waals surface area contributed by atoms with Gasteiger partial charge in [-0.1, -0.05) is 0 Å². The van der Waals surface area contributed by atoms with Gasteiger partial charge in [0.2, 0.25) is 5.88 Å². The van der Waals surface area contributed by atoms with Crippen LogP contribution in [0.3, 0.4) is 0 Å². The number of likely N-dealkylation sites (tertiary alicyclic amines) is 1. The van der Waals surface area contributed by atoms with E-state index in [-0.39, 0.29) is 12.0 Å². The van der Waals surface area contributed by atoms with Crippen molar-refractivity contribution in [3.63, 3.8) is 0 Å². The summed E-state index contributed by atoms with van der Waals surface area (Å²) < 4.78 is 6.01.